The van der Waals surface area contributed by atoms with E-state index in [1.165, 1.54) is 6.92 Å². The van der Waals surface area contributed by atoms with Crippen molar-refractivity contribution in [3.05, 3.63) is 17.3 Å². The summed E-state index contributed by atoms with van der Waals surface area (Å²) in [6.07, 6.45) is -2.66. The van der Waals surface area contributed by atoms with E-state index in [1.54, 1.807) is 0 Å². The largest absolute Gasteiger partial charge is 0.504 e. The van der Waals surface area contributed by atoms with E-state index < -0.39 is 12.1 Å². The first kappa shape index (κ1) is 8.70. The lowest BCUT2D eigenvalue weighted by Crippen LogP contribution is -1.98. The SMILES string of the molecule is Cc1cc(C(F)F)nc(N)c1O. The van der Waals surface area contributed by atoms with Gasteiger partial charge in [-0.1, -0.05) is 0 Å². The Kier molecular flexibility index (Phi) is 2.12. The van der Waals surface area contributed by atoms with Crippen LogP contribution in [-0.2, 0) is 0 Å². The molecule has 0 saturated carbocycles. The van der Waals surface area contributed by atoms with Crippen LogP contribution in [0.2, 0.25) is 0 Å². The third-order valence-electron chi connectivity index (χ3n) is 1.45. The molecule has 0 amide bonds. The number of aryl methyl sites for hydroxylation is 1. The Balaban J connectivity index is 3.21. The molecule has 0 aliphatic heterocycles. The van der Waals surface area contributed by atoms with Gasteiger partial charge in [0.2, 0.25) is 0 Å². The van der Waals surface area contributed by atoms with Crippen molar-refractivity contribution in [3.63, 3.8) is 0 Å². The van der Waals surface area contributed by atoms with Gasteiger partial charge in [-0.2, -0.15) is 0 Å². The molecule has 3 N–H and O–H groups in total. The first-order valence-corrected chi connectivity index (χ1v) is 3.26. The number of pyridine rings is 1. The Morgan fingerprint density at radius 1 is 1.58 bits per heavy atom. The average molecular weight is 174 g/mol. The smallest absolute Gasteiger partial charge is 0.280 e. The van der Waals surface area contributed by atoms with Crippen molar-refractivity contribution in [1.29, 1.82) is 0 Å². The fourth-order valence-corrected chi connectivity index (χ4v) is 0.828. The Morgan fingerprint density at radius 2 is 2.17 bits per heavy atom. The predicted molar refractivity (Wildman–Crippen MR) is 40.0 cm³/mol. The molecule has 0 aromatic carbocycles. The molecular formula is C7H8F2N2O. The number of nitrogens with zero attached hydrogens (tertiary/aromatic N) is 1. The number of alkyl halides is 2. The van der Waals surface area contributed by atoms with Crippen LogP contribution in [0.25, 0.3) is 0 Å². The Hall–Kier alpha value is -1.39. The molecule has 1 aromatic heterocycles. The number of aromatic hydroxyl groups is 1. The van der Waals surface area contributed by atoms with Gasteiger partial charge in [0.15, 0.2) is 11.6 Å². The van der Waals surface area contributed by atoms with Crippen LogP contribution in [0.1, 0.15) is 17.7 Å². The van der Waals surface area contributed by atoms with Gasteiger partial charge in [-0.05, 0) is 18.6 Å². The summed E-state index contributed by atoms with van der Waals surface area (Å²) in [5.74, 6) is -0.496. The van der Waals surface area contributed by atoms with Gasteiger partial charge >= 0.3 is 0 Å². The lowest BCUT2D eigenvalue weighted by molar-refractivity contribution is 0.146. The van der Waals surface area contributed by atoms with E-state index in [2.05, 4.69) is 4.98 Å². The van der Waals surface area contributed by atoms with Crippen LogP contribution in [0.4, 0.5) is 14.6 Å². The summed E-state index contributed by atoms with van der Waals surface area (Å²) in [6, 6.07) is 1.11. The molecule has 0 aliphatic rings. The van der Waals surface area contributed by atoms with E-state index in [1.807, 2.05) is 0 Å². The normalized spacial score (nSPS) is 10.7. The molecule has 1 rings (SSSR count). The van der Waals surface area contributed by atoms with Gasteiger partial charge in [0, 0.05) is 0 Å². The van der Waals surface area contributed by atoms with E-state index in [9.17, 15) is 8.78 Å². The Bertz CT molecular complexity index is 278. The molecule has 1 aromatic rings. The van der Waals surface area contributed by atoms with Crippen LogP contribution >= 0.6 is 0 Å². The number of rotatable bonds is 1. The highest BCUT2D eigenvalue weighted by Crippen LogP contribution is 2.26. The maximum atomic E-state index is 12.1. The van der Waals surface area contributed by atoms with E-state index in [0.29, 0.717) is 5.56 Å². The topological polar surface area (TPSA) is 59.1 Å². The van der Waals surface area contributed by atoms with E-state index in [4.69, 9.17) is 10.8 Å². The van der Waals surface area contributed by atoms with Gasteiger partial charge in [-0.25, -0.2) is 13.8 Å². The molecule has 0 unspecified atom stereocenters. The van der Waals surface area contributed by atoms with E-state index in [-0.39, 0.29) is 11.6 Å². The van der Waals surface area contributed by atoms with Crippen molar-refractivity contribution >= 4 is 5.82 Å². The zero-order valence-electron chi connectivity index (χ0n) is 6.38. The molecule has 0 atom stereocenters. The molecule has 0 radical (unpaired) electrons. The number of anilines is 1. The molecule has 0 fully saturated rings. The number of halogens is 2. The number of nitrogen functional groups attached to an aromatic ring is 1. The molecule has 1 heterocycles. The van der Waals surface area contributed by atoms with E-state index >= 15 is 0 Å². The lowest BCUT2D eigenvalue weighted by atomic mass is 10.2. The Morgan fingerprint density at radius 3 is 2.58 bits per heavy atom. The van der Waals surface area contributed by atoms with Gasteiger partial charge in [-0.15, -0.1) is 0 Å². The number of aromatic nitrogens is 1. The van der Waals surface area contributed by atoms with Gasteiger partial charge in [0.25, 0.3) is 6.43 Å². The summed E-state index contributed by atoms with van der Waals surface area (Å²) in [5.41, 5.74) is 5.05. The van der Waals surface area contributed by atoms with Crippen molar-refractivity contribution in [1.82, 2.24) is 4.98 Å². The van der Waals surface area contributed by atoms with Crippen molar-refractivity contribution < 1.29 is 13.9 Å². The van der Waals surface area contributed by atoms with Crippen molar-refractivity contribution in [2.24, 2.45) is 0 Å². The maximum absolute atomic E-state index is 12.1. The van der Waals surface area contributed by atoms with Gasteiger partial charge < -0.3 is 10.8 Å². The number of hydrogen-bond donors (Lipinski definition) is 2. The second kappa shape index (κ2) is 2.92. The molecule has 0 aliphatic carbocycles. The van der Waals surface area contributed by atoms with E-state index in [0.717, 1.165) is 6.07 Å². The fourth-order valence-electron chi connectivity index (χ4n) is 0.828. The molecular weight excluding hydrogens is 166 g/mol. The van der Waals surface area contributed by atoms with Crippen LogP contribution < -0.4 is 5.73 Å². The maximum Gasteiger partial charge on any atom is 0.280 e. The van der Waals surface area contributed by atoms with Crippen molar-refractivity contribution in [2.75, 3.05) is 5.73 Å². The first-order chi connectivity index (χ1) is 5.52. The van der Waals surface area contributed by atoms with Crippen LogP contribution in [0.15, 0.2) is 6.07 Å². The fraction of sp³-hybridized carbons (Fsp3) is 0.286. The zero-order valence-corrected chi connectivity index (χ0v) is 6.38. The van der Waals surface area contributed by atoms with Crippen LogP contribution in [0.5, 0.6) is 5.75 Å². The summed E-state index contributed by atoms with van der Waals surface area (Å²) in [4.78, 5) is 3.31. The minimum Gasteiger partial charge on any atom is -0.504 e. The zero-order chi connectivity index (χ0) is 9.30. The minimum absolute atomic E-state index is 0.237. The highest BCUT2D eigenvalue weighted by atomic mass is 19.3. The molecule has 66 valence electrons. The second-order valence-corrected chi connectivity index (χ2v) is 2.40. The number of nitrogens with two attached hydrogens (primary N) is 1. The highest BCUT2D eigenvalue weighted by Gasteiger charge is 2.12. The third kappa shape index (κ3) is 1.44. The quantitative estimate of drug-likeness (QED) is 0.680. The summed E-state index contributed by atoms with van der Waals surface area (Å²) >= 11 is 0. The van der Waals surface area contributed by atoms with Crippen LogP contribution in [0.3, 0.4) is 0 Å². The Labute approximate surface area is 67.8 Å². The molecule has 0 spiro atoms. The molecule has 5 heteroatoms. The predicted octanol–water partition coefficient (Wildman–Crippen LogP) is 1.62. The van der Waals surface area contributed by atoms with Crippen LogP contribution in [-0.4, -0.2) is 10.1 Å². The minimum atomic E-state index is -2.66. The van der Waals surface area contributed by atoms with Crippen LogP contribution in [0, 0.1) is 6.92 Å². The first-order valence-electron chi connectivity index (χ1n) is 3.26. The summed E-state index contributed by atoms with van der Waals surface area (Å²) < 4.78 is 24.1. The summed E-state index contributed by atoms with van der Waals surface area (Å²) in [7, 11) is 0. The van der Waals surface area contributed by atoms with Gasteiger partial charge in [0.1, 0.15) is 5.69 Å². The number of hydrogen-bond acceptors (Lipinski definition) is 3. The summed E-state index contributed by atoms with van der Waals surface area (Å²) in [6.45, 7) is 1.49. The third-order valence-corrected chi connectivity index (χ3v) is 1.45. The molecule has 0 bridgehead atoms. The van der Waals surface area contributed by atoms with Gasteiger partial charge in [-0.3, -0.25) is 0 Å². The lowest BCUT2D eigenvalue weighted by Gasteiger charge is -2.04. The van der Waals surface area contributed by atoms with Crippen molar-refractivity contribution in [3.8, 4) is 5.75 Å². The molecule has 12 heavy (non-hydrogen) atoms. The summed E-state index contributed by atoms with van der Waals surface area (Å²) in [5, 5.41) is 9.08. The second-order valence-electron chi connectivity index (χ2n) is 2.40. The van der Waals surface area contributed by atoms with Crippen molar-refractivity contribution in [2.45, 2.75) is 13.3 Å². The monoisotopic (exact) mass is 174 g/mol. The highest BCUT2D eigenvalue weighted by molar-refractivity contribution is 5.50. The average Bonchev–Trinajstić information content (AvgIpc) is 1.99. The standard InChI is InChI=1S/C7H8F2N2O/c1-3-2-4(6(8)9)11-7(10)5(3)12/h2,6,12H,1H3,(H2,10,11). The molecule has 0 saturated heterocycles. The molecule has 3 nitrogen and oxygen atoms in total. The van der Waals surface area contributed by atoms with Gasteiger partial charge in [0.05, 0.1) is 0 Å².